The molecule has 1 aliphatic heterocycles. The summed E-state index contributed by atoms with van der Waals surface area (Å²) in [5.41, 5.74) is 0.556. The summed E-state index contributed by atoms with van der Waals surface area (Å²) in [7, 11) is 0. The van der Waals surface area contributed by atoms with Gasteiger partial charge < -0.3 is 9.15 Å². The summed E-state index contributed by atoms with van der Waals surface area (Å²) >= 11 is 12.0. The van der Waals surface area contributed by atoms with Crippen molar-refractivity contribution in [2.45, 2.75) is 32.3 Å². The van der Waals surface area contributed by atoms with Gasteiger partial charge in [0, 0.05) is 10.9 Å². The first-order chi connectivity index (χ1) is 8.87. The lowest BCUT2D eigenvalue weighted by Gasteiger charge is -2.33. The van der Waals surface area contributed by atoms with E-state index in [9.17, 15) is 4.79 Å². The summed E-state index contributed by atoms with van der Waals surface area (Å²) in [4.78, 5) is 11.6. The summed E-state index contributed by atoms with van der Waals surface area (Å²) < 4.78 is 11.2. The molecular formula is C14H12Cl2O3. The third-order valence-corrected chi connectivity index (χ3v) is 3.88. The van der Waals surface area contributed by atoms with Gasteiger partial charge in [-0.05, 0) is 38.8 Å². The molecule has 0 spiro atoms. The van der Waals surface area contributed by atoms with Gasteiger partial charge in [0.15, 0.2) is 0 Å². The maximum atomic E-state index is 11.6. The van der Waals surface area contributed by atoms with E-state index in [4.69, 9.17) is 32.4 Å². The fourth-order valence-corrected chi connectivity index (χ4v) is 2.77. The van der Waals surface area contributed by atoms with Gasteiger partial charge >= 0.3 is 5.63 Å². The predicted octanol–water partition coefficient (Wildman–Crippen LogP) is 4.20. The Hall–Kier alpha value is -1.19. The van der Waals surface area contributed by atoms with Crippen LogP contribution in [0.15, 0.2) is 21.3 Å². The molecule has 5 heteroatoms. The van der Waals surface area contributed by atoms with Crippen molar-refractivity contribution in [3.63, 3.8) is 0 Å². The zero-order valence-corrected chi connectivity index (χ0v) is 12.1. The Morgan fingerprint density at radius 2 is 1.89 bits per heavy atom. The van der Waals surface area contributed by atoms with Gasteiger partial charge in [0.05, 0.1) is 5.02 Å². The van der Waals surface area contributed by atoms with Crippen molar-refractivity contribution >= 4 is 34.2 Å². The molecule has 0 saturated heterocycles. The fourth-order valence-electron chi connectivity index (χ4n) is 2.34. The van der Waals surface area contributed by atoms with Crippen LogP contribution in [-0.2, 0) is 6.42 Å². The third-order valence-electron chi connectivity index (χ3n) is 3.34. The van der Waals surface area contributed by atoms with Crippen LogP contribution in [0, 0.1) is 0 Å². The smallest absolute Gasteiger partial charge is 0.355 e. The molecule has 1 aromatic heterocycles. The number of hydrogen-bond acceptors (Lipinski definition) is 3. The largest absolute Gasteiger partial charge is 0.486 e. The van der Waals surface area contributed by atoms with E-state index in [1.807, 2.05) is 13.8 Å². The molecule has 0 unspecified atom stereocenters. The van der Waals surface area contributed by atoms with Crippen molar-refractivity contribution in [3.8, 4) is 5.75 Å². The first-order valence-electron chi connectivity index (χ1n) is 6.01. The van der Waals surface area contributed by atoms with Crippen LogP contribution in [0.3, 0.4) is 0 Å². The Morgan fingerprint density at radius 1 is 1.21 bits per heavy atom. The maximum Gasteiger partial charge on any atom is 0.355 e. The molecular weight excluding hydrogens is 287 g/mol. The highest BCUT2D eigenvalue weighted by molar-refractivity contribution is 6.33. The minimum atomic E-state index is -0.538. The van der Waals surface area contributed by atoms with E-state index in [1.54, 1.807) is 12.1 Å². The van der Waals surface area contributed by atoms with Crippen LogP contribution in [0.5, 0.6) is 5.75 Å². The van der Waals surface area contributed by atoms with Gasteiger partial charge in [-0.2, -0.15) is 0 Å². The Labute approximate surface area is 120 Å². The van der Waals surface area contributed by atoms with Crippen molar-refractivity contribution in [2.24, 2.45) is 0 Å². The highest BCUT2D eigenvalue weighted by atomic mass is 35.5. The van der Waals surface area contributed by atoms with Gasteiger partial charge in [-0.15, -0.1) is 0 Å². The molecule has 2 heterocycles. The van der Waals surface area contributed by atoms with Crippen molar-refractivity contribution in [3.05, 3.63) is 38.2 Å². The minimum absolute atomic E-state index is 0.0561. The van der Waals surface area contributed by atoms with Crippen molar-refractivity contribution in [1.29, 1.82) is 0 Å². The molecule has 0 N–H and O–H groups in total. The number of hydrogen-bond donors (Lipinski definition) is 0. The number of rotatable bonds is 0. The first-order valence-corrected chi connectivity index (χ1v) is 6.77. The summed E-state index contributed by atoms with van der Waals surface area (Å²) in [6.45, 7) is 4.02. The fraction of sp³-hybridized carbons (Fsp3) is 0.357. The van der Waals surface area contributed by atoms with E-state index >= 15 is 0 Å². The van der Waals surface area contributed by atoms with E-state index in [2.05, 4.69) is 0 Å². The zero-order chi connectivity index (χ0) is 13.8. The highest BCUT2D eigenvalue weighted by Gasteiger charge is 2.30. The monoisotopic (exact) mass is 298 g/mol. The van der Waals surface area contributed by atoms with Crippen LogP contribution in [0.25, 0.3) is 11.0 Å². The zero-order valence-electron chi connectivity index (χ0n) is 10.5. The molecule has 3 nitrogen and oxygen atoms in total. The highest BCUT2D eigenvalue weighted by Crippen LogP contribution is 2.42. The minimum Gasteiger partial charge on any atom is -0.486 e. The van der Waals surface area contributed by atoms with Crippen LogP contribution in [0.2, 0.25) is 10.0 Å². The van der Waals surface area contributed by atoms with E-state index < -0.39 is 5.63 Å². The van der Waals surface area contributed by atoms with E-state index in [0.29, 0.717) is 16.4 Å². The van der Waals surface area contributed by atoms with Gasteiger partial charge in [0.25, 0.3) is 0 Å². The molecule has 19 heavy (non-hydrogen) atoms. The molecule has 0 amide bonds. The van der Waals surface area contributed by atoms with Crippen molar-refractivity contribution < 1.29 is 9.15 Å². The van der Waals surface area contributed by atoms with Gasteiger partial charge in [0.1, 0.15) is 22.0 Å². The lowest BCUT2D eigenvalue weighted by molar-refractivity contribution is 0.0850. The Bertz CT molecular complexity index is 732. The molecule has 1 aromatic carbocycles. The lowest BCUT2D eigenvalue weighted by atomic mass is 9.93. The van der Waals surface area contributed by atoms with E-state index in [0.717, 1.165) is 23.8 Å². The molecule has 2 aromatic rings. The Morgan fingerprint density at radius 3 is 2.63 bits per heavy atom. The molecule has 0 radical (unpaired) electrons. The number of fused-ring (bicyclic) bond motifs is 3. The molecule has 100 valence electrons. The quantitative estimate of drug-likeness (QED) is 0.684. The van der Waals surface area contributed by atoms with E-state index in [-0.39, 0.29) is 10.6 Å². The van der Waals surface area contributed by atoms with Crippen LogP contribution in [-0.4, -0.2) is 5.60 Å². The maximum absolute atomic E-state index is 11.6. The molecule has 3 rings (SSSR count). The number of halogens is 2. The van der Waals surface area contributed by atoms with Crippen molar-refractivity contribution in [2.75, 3.05) is 0 Å². The summed E-state index contributed by atoms with van der Waals surface area (Å²) in [6.07, 6.45) is 1.59. The summed E-state index contributed by atoms with van der Waals surface area (Å²) in [5, 5.41) is 1.29. The molecule has 0 bridgehead atoms. The normalized spacial score (nSPS) is 17.1. The predicted molar refractivity (Wildman–Crippen MR) is 75.5 cm³/mol. The summed E-state index contributed by atoms with van der Waals surface area (Å²) in [6, 6.07) is 3.29. The Kier molecular flexibility index (Phi) is 2.80. The number of ether oxygens (including phenoxy) is 1. The van der Waals surface area contributed by atoms with Gasteiger partial charge in [-0.25, -0.2) is 4.79 Å². The average Bonchev–Trinajstić information content (AvgIpc) is 2.32. The molecule has 0 fully saturated rings. The van der Waals surface area contributed by atoms with E-state index in [1.165, 1.54) is 0 Å². The van der Waals surface area contributed by atoms with Crippen LogP contribution < -0.4 is 10.4 Å². The second-order valence-electron chi connectivity index (χ2n) is 5.33. The van der Waals surface area contributed by atoms with Crippen LogP contribution in [0.1, 0.15) is 25.8 Å². The topological polar surface area (TPSA) is 39.4 Å². The number of benzene rings is 1. The van der Waals surface area contributed by atoms with Gasteiger partial charge in [-0.1, -0.05) is 23.2 Å². The summed E-state index contributed by atoms with van der Waals surface area (Å²) in [5.74, 6) is 0.607. The molecule has 0 atom stereocenters. The van der Waals surface area contributed by atoms with Gasteiger partial charge in [-0.3, -0.25) is 0 Å². The second kappa shape index (κ2) is 4.15. The third kappa shape index (κ3) is 2.11. The second-order valence-corrected chi connectivity index (χ2v) is 6.14. The van der Waals surface area contributed by atoms with Crippen molar-refractivity contribution in [1.82, 2.24) is 0 Å². The average molecular weight is 299 g/mol. The molecule has 0 aliphatic carbocycles. The van der Waals surface area contributed by atoms with Crippen LogP contribution in [0.4, 0.5) is 0 Å². The van der Waals surface area contributed by atoms with Gasteiger partial charge in [0.2, 0.25) is 0 Å². The van der Waals surface area contributed by atoms with Crippen LogP contribution >= 0.6 is 23.2 Å². The SMILES string of the molecule is CC1(C)CCc2c(c(Cl)cc3cc(Cl)c(=O)oc23)O1. The lowest BCUT2D eigenvalue weighted by Crippen LogP contribution is -2.32. The molecule has 0 saturated carbocycles. The first kappa shape index (κ1) is 12.8. The standard InChI is InChI=1S/C14H12Cl2O3/c1-14(2)4-3-8-11-7(5-9(15)12(8)19-14)6-10(16)13(17)18-11/h5-6H,3-4H2,1-2H3. The number of aryl methyl sites for hydroxylation is 1. The molecule has 1 aliphatic rings. The Balaban J connectivity index is 2.34.